The van der Waals surface area contributed by atoms with E-state index in [4.69, 9.17) is 0 Å². The summed E-state index contributed by atoms with van der Waals surface area (Å²) in [5, 5.41) is 5.56. The summed E-state index contributed by atoms with van der Waals surface area (Å²) in [6, 6.07) is 9.48. The van der Waals surface area contributed by atoms with Gasteiger partial charge >= 0.3 is 0 Å². The number of aryl methyl sites for hydroxylation is 2. The third kappa shape index (κ3) is 5.21. The Morgan fingerprint density at radius 1 is 1.09 bits per heavy atom. The second-order valence-corrected chi connectivity index (χ2v) is 5.45. The second kappa shape index (κ2) is 8.08. The SMILES string of the molecule is Cc1ccc(C)c(CC(=O)NCCNC(=O)c2cccnc2)c1. The minimum Gasteiger partial charge on any atom is -0.354 e. The van der Waals surface area contributed by atoms with Gasteiger partial charge in [-0.1, -0.05) is 23.8 Å². The zero-order valence-electron chi connectivity index (χ0n) is 13.4. The minimum atomic E-state index is -0.193. The van der Waals surface area contributed by atoms with Crippen LogP contribution in [-0.4, -0.2) is 29.9 Å². The lowest BCUT2D eigenvalue weighted by Gasteiger charge is -2.09. The van der Waals surface area contributed by atoms with Crippen LogP contribution in [0.2, 0.25) is 0 Å². The summed E-state index contributed by atoms with van der Waals surface area (Å²) in [7, 11) is 0. The maximum Gasteiger partial charge on any atom is 0.252 e. The lowest BCUT2D eigenvalue weighted by Crippen LogP contribution is -2.35. The summed E-state index contributed by atoms with van der Waals surface area (Å²) in [4.78, 5) is 27.6. The van der Waals surface area contributed by atoms with E-state index in [1.807, 2.05) is 32.0 Å². The highest BCUT2D eigenvalue weighted by Gasteiger charge is 2.07. The first kappa shape index (κ1) is 16.7. The van der Waals surface area contributed by atoms with E-state index in [1.54, 1.807) is 18.3 Å². The number of nitrogens with one attached hydrogen (secondary N) is 2. The number of benzene rings is 1. The fourth-order valence-electron chi connectivity index (χ4n) is 2.20. The lowest BCUT2D eigenvalue weighted by atomic mass is 10.0. The molecule has 0 saturated carbocycles. The number of aromatic nitrogens is 1. The molecule has 0 aliphatic carbocycles. The van der Waals surface area contributed by atoms with Crippen LogP contribution in [0, 0.1) is 13.8 Å². The number of nitrogens with zero attached hydrogens (tertiary/aromatic N) is 1. The molecule has 0 unspecified atom stereocenters. The molecule has 5 nitrogen and oxygen atoms in total. The highest BCUT2D eigenvalue weighted by atomic mass is 16.2. The average molecular weight is 311 g/mol. The molecule has 2 rings (SSSR count). The van der Waals surface area contributed by atoms with Crippen molar-refractivity contribution in [3.05, 3.63) is 65.0 Å². The molecule has 2 N–H and O–H groups in total. The van der Waals surface area contributed by atoms with E-state index < -0.39 is 0 Å². The Morgan fingerprint density at radius 3 is 2.61 bits per heavy atom. The van der Waals surface area contributed by atoms with Gasteiger partial charge in [0.1, 0.15) is 0 Å². The summed E-state index contributed by atoms with van der Waals surface area (Å²) in [5.41, 5.74) is 3.79. The van der Waals surface area contributed by atoms with Gasteiger partial charge in [0.2, 0.25) is 5.91 Å². The average Bonchev–Trinajstić information content (AvgIpc) is 2.55. The van der Waals surface area contributed by atoms with Crippen molar-refractivity contribution in [2.75, 3.05) is 13.1 Å². The molecule has 1 heterocycles. The Hall–Kier alpha value is -2.69. The number of amides is 2. The molecule has 0 saturated heterocycles. The van der Waals surface area contributed by atoms with Gasteiger partial charge in [-0.15, -0.1) is 0 Å². The lowest BCUT2D eigenvalue weighted by molar-refractivity contribution is -0.120. The van der Waals surface area contributed by atoms with Gasteiger partial charge in [0.05, 0.1) is 12.0 Å². The number of carbonyl (C=O) groups excluding carboxylic acids is 2. The number of pyridine rings is 1. The van der Waals surface area contributed by atoms with Crippen molar-refractivity contribution in [2.24, 2.45) is 0 Å². The van der Waals surface area contributed by atoms with Crippen LogP contribution in [0.1, 0.15) is 27.0 Å². The van der Waals surface area contributed by atoms with Gasteiger partial charge in [-0.25, -0.2) is 0 Å². The highest BCUT2D eigenvalue weighted by molar-refractivity contribution is 5.93. The Balaban J connectivity index is 1.73. The minimum absolute atomic E-state index is 0.0469. The van der Waals surface area contributed by atoms with Crippen LogP contribution in [0.4, 0.5) is 0 Å². The molecule has 1 aromatic carbocycles. The molecule has 0 atom stereocenters. The molecule has 0 aliphatic rings. The molecule has 120 valence electrons. The summed E-state index contributed by atoms with van der Waals surface area (Å²) in [6.45, 7) is 4.78. The zero-order chi connectivity index (χ0) is 16.7. The third-order valence-corrected chi connectivity index (χ3v) is 3.51. The quantitative estimate of drug-likeness (QED) is 0.799. The summed E-state index contributed by atoms with van der Waals surface area (Å²) >= 11 is 0. The summed E-state index contributed by atoms with van der Waals surface area (Å²) in [6.07, 6.45) is 3.47. The molecule has 5 heteroatoms. The summed E-state index contributed by atoms with van der Waals surface area (Å²) in [5.74, 6) is -0.240. The van der Waals surface area contributed by atoms with Crippen molar-refractivity contribution in [3.63, 3.8) is 0 Å². The first-order chi connectivity index (χ1) is 11.1. The van der Waals surface area contributed by atoms with Gasteiger partial charge in [-0.05, 0) is 37.1 Å². The van der Waals surface area contributed by atoms with Crippen LogP contribution in [0.25, 0.3) is 0 Å². The van der Waals surface area contributed by atoms with Gasteiger partial charge in [0.15, 0.2) is 0 Å². The van der Waals surface area contributed by atoms with E-state index in [9.17, 15) is 9.59 Å². The molecule has 2 amide bonds. The van der Waals surface area contributed by atoms with Gasteiger partial charge in [-0.2, -0.15) is 0 Å². The molecular weight excluding hydrogens is 290 g/mol. The van der Waals surface area contributed by atoms with E-state index in [1.165, 1.54) is 6.20 Å². The van der Waals surface area contributed by atoms with Crippen molar-refractivity contribution in [1.29, 1.82) is 0 Å². The number of carbonyl (C=O) groups is 2. The van der Waals surface area contributed by atoms with Crippen molar-refractivity contribution in [3.8, 4) is 0 Å². The standard InChI is InChI=1S/C18H21N3O2/c1-13-5-6-14(2)16(10-13)11-17(22)20-8-9-21-18(23)15-4-3-7-19-12-15/h3-7,10,12H,8-9,11H2,1-2H3,(H,20,22)(H,21,23). The van der Waals surface area contributed by atoms with Crippen LogP contribution >= 0.6 is 0 Å². The van der Waals surface area contributed by atoms with Crippen molar-refractivity contribution >= 4 is 11.8 Å². The molecular formula is C18H21N3O2. The maximum absolute atomic E-state index is 12.0. The fraction of sp³-hybridized carbons (Fsp3) is 0.278. The van der Waals surface area contributed by atoms with Crippen LogP contribution in [0.15, 0.2) is 42.7 Å². The smallest absolute Gasteiger partial charge is 0.252 e. The van der Waals surface area contributed by atoms with Crippen molar-refractivity contribution in [2.45, 2.75) is 20.3 Å². The molecule has 0 fully saturated rings. The first-order valence-electron chi connectivity index (χ1n) is 7.57. The van der Waals surface area contributed by atoms with E-state index >= 15 is 0 Å². The topological polar surface area (TPSA) is 71.1 Å². The molecule has 23 heavy (non-hydrogen) atoms. The predicted octanol–water partition coefficient (Wildman–Crippen LogP) is 1.79. The van der Waals surface area contributed by atoms with Crippen LogP contribution in [0.5, 0.6) is 0 Å². The number of rotatable bonds is 6. The molecule has 2 aromatic rings. The molecule has 0 aliphatic heterocycles. The van der Waals surface area contributed by atoms with E-state index in [0.29, 0.717) is 25.1 Å². The van der Waals surface area contributed by atoms with Crippen molar-refractivity contribution < 1.29 is 9.59 Å². The molecule has 1 aromatic heterocycles. The van der Waals surface area contributed by atoms with Gasteiger partial charge in [0, 0.05) is 25.5 Å². The van der Waals surface area contributed by atoms with Gasteiger partial charge in [0.25, 0.3) is 5.91 Å². The predicted molar refractivity (Wildman–Crippen MR) is 89.2 cm³/mol. The molecule has 0 spiro atoms. The number of hydrogen-bond acceptors (Lipinski definition) is 3. The monoisotopic (exact) mass is 311 g/mol. The molecule has 0 radical (unpaired) electrons. The van der Waals surface area contributed by atoms with E-state index in [0.717, 1.165) is 16.7 Å². The fourth-order valence-corrected chi connectivity index (χ4v) is 2.20. The first-order valence-corrected chi connectivity index (χ1v) is 7.57. The maximum atomic E-state index is 12.0. The van der Waals surface area contributed by atoms with Crippen molar-refractivity contribution in [1.82, 2.24) is 15.6 Å². The Labute approximate surface area is 136 Å². The zero-order valence-corrected chi connectivity index (χ0v) is 13.4. The Bertz CT molecular complexity index is 684. The van der Waals surface area contributed by atoms with E-state index in [2.05, 4.69) is 15.6 Å². The van der Waals surface area contributed by atoms with Crippen LogP contribution in [-0.2, 0) is 11.2 Å². The number of hydrogen-bond donors (Lipinski definition) is 2. The summed E-state index contributed by atoms with van der Waals surface area (Å²) < 4.78 is 0. The largest absolute Gasteiger partial charge is 0.354 e. The third-order valence-electron chi connectivity index (χ3n) is 3.51. The van der Waals surface area contributed by atoms with Gasteiger partial charge in [-0.3, -0.25) is 14.6 Å². The highest BCUT2D eigenvalue weighted by Crippen LogP contribution is 2.11. The van der Waals surface area contributed by atoms with E-state index in [-0.39, 0.29) is 11.8 Å². The normalized spacial score (nSPS) is 10.2. The van der Waals surface area contributed by atoms with Crippen LogP contribution in [0.3, 0.4) is 0 Å². The van der Waals surface area contributed by atoms with Gasteiger partial charge < -0.3 is 10.6 Å². The van der Waals surface area contributed by atoms with Crippen LogP contribution < -0.4 is 10.6 Å². The Morgan fingerprint density at radius 2 is 1.87 bits per heavy atom. The molecule has 0 bridgehead atoms. The second-order valence-electron chi connectivity index (χ2n) is 5.45. The Kier molecular flexibility index (Phi) is 5.86.